The quantitative estimate of drug-likeness (QED) is 0.567. The van der Waals surface area contributed by atoms with Gasteiger partial charge in [-0.25, -0.2) is 13.1 Å². The van der Waals surface area contributed by atoms with Crippen LogP contribution in [0.2, 0.25) is 5.02 Å². The molecule has 166 valence electrons. The third kappa shape index (κ3) is 7.78. The van der Waals surface area contributed by atoms with E-state index in [1.807, 2.05) is 54.6 Å². The Balaban J connectivity index is 1.48. The number of nitrogens with zero attached hydrogens (tertiary/aromatic N) is 1. The molecule has 0 aliphatic carbocycles. The van der Waals surface area contributed by atoms with Gasteiger partial charge in [-0.05, 0) is 55.3 Å². The number of carbonyl (C=O) groups excluding carboxylic acids is 1. The molecular formula is C23H28ClN3O3S. The molecule has 0 aromatic heterocycles. The highest BCUT2D eigenvalue weighted by Gasteiger charge is 2.24. The van der Waals surface area contributed by atoms with E-state index in [1.54, 1.807) is 0 Å². The lowest BCUT2D eigenvalue weighted by atomic mass is 10.1. The third-order valence-electron chi connectivity index (χ3n) is 5.20. The topological polar surface area (TPSA) is 78.5 Å². The Bertz CT molecular complexity index is 990. The van der Waals surface area contributed by atoms with Crippen LogP contribution in [0, 0.1) is 0 Å². The molecule has 2 aromatic rings. The van der Waals surface area contributed by atoms with Gasteiger partial charge < -0.3 is 5.32 Å². The first kappa shape index (κ1) is 23.5. The number of amides is 1. The van der Waals surface area contributed by atoms with E-state index >= 15 is 0 Å². The highest BCUT2D eigenvalue weighted by molar-refractivity contribution is 7.92. The minimum atomic E-state index is -3.60. The number of benzene rings is 2. The van der Waals surface area contributed by atoms with Crippen molar-refractivity contribution in [1.29, 1.82) is 0 Å². The van der Waals surface area contributed by atoms with Gasteiger partial charge in [-0.1, -0.05) is 54.1 Å². The summed E-state index contributed by atoms with van der Waals surface area (Å²) < 4.78 is 26.6. The maximum absolute atomic E-state index is 12.3. The standard InChI is InChI=1S/C23H28ClN3O3S/c24-21-10-6-9-20(17-21)22(27-14-4-5-15-27)18-25-23(28)11-13-26-31(29,30)16-12-19-7-2-1-3-8-19/h1-3,6-10,12,16-17,22,26H,4-5,11,13-15,18H2,(H,25,28)/b16-12+. The Kier molecular flexibility index (Phi) is 8.66. The summed E-state index contributed by atoms with van der Waals surface area (Å²) in [5.41, 5.74) is 1.86. The number of rotatable bonds is 10. The summed E-state index contributed by atoms with van der Waals surface area (Å²) in [5.74, 6) is -0.194. The van der Waals surface area contributed by atoms with E-state index in [4.69, 9.17) is 11.6 Å². The van der Waals surface area contributed by atoms with E-state index in [2.05, 4.69) is 14.9 Å². The van der Waals surface area contributed by atoms with Crippen LogP contribution in [0.1, 0.15) is 36.4 Å². The summed E-state index contributed by atoms with van der Waals surface area (Å²) in [6.45, 7) is 2.47. The summed E-state index contributed by atoms with van der Waals surface area (Å²) in [6, 6.07) is 16.9. The van der Waals surface area contributed by atoms with Crippen LogP contribution in [0.5, 0.6) is 0 Å². The van der Waals surface area contributed by atoms with Gasteiger partial charge in [0.25, 0.3) is 0 Å². The van der Waals surface area contributed by atoms with Crippen molar-refractivity contribution < 1.29 is 13.2 Å². The number of sulfonamides is 1. The fourth-order valence-electron chi connectivity index (χ4n) is 3.61. The van der Waals surface area contributed by atoms with Gasteiger partial charge in [-0.15, -0.1) is 0 Å². The zero-order valence-electron chi connectivity index (χ0n) is 17.3. The first-order chi connectivity index (χ1) is 14.9. The second-order valence-corrected chi connectivity index (χ2v) is 9.61. The highest BCUT2D eigenvalue weighted by atomic mass is 35.5. The second-order valence-electron chi connectivity index (χ2n) is 7.52. The van der Waals surface area contributed by atoms with Crippen LogP contribution < -0.4 is 10.0 Å². The van der Waals surface area contributed by atoms with Gasteiger partial charge in [-0.3, -0.25) is 9.69 Å². The largest absolute Gasteiger partial charge is 0.354 e. The normalized spacial score (nSPS) is 15.9. The molecule has 1 fully saturated rings. The summed E-state index contributed by atoms with van der Waals surface area (Å²) in [7, 11) is -3.60. The minimum Gasteiger partial charge on any atom is -0.354 e. The van der Waals surface area contributed by atoms with Crippen LogP contribution in [-0.2, 0) is 14.8 Å². The number of hydrogen-bond acceptors (Lipinski definition) is 4. The van der Waals surface area contributed by atoms with E-state index in [9.17, 15) is 13.2 Å². The fraction of sp³-hybridized carbons (Fsp3) is 0.348. The number of halogens is 1. The fourth-order valence-corrected chi connectivity index (χ4v) is 4.63. The zero-order chi connectivity index (χ0) is 22.1. The first-order valence-electron chi connectivity index (χ1n) is 10.4. The SMILES string of the molecule is O=C(CCNS(=O)(=O)/C=C/c1ccccc1)NCC(c1cccc(Cl)c1)N1CCCC1. The van der Waals surface area contributed by atoms with E-state index in [0.29, 0.717) is 11.6 Å². The van der Waals surface area contributed by atoms with E-state index < -0.39 is 10.0 Å². The highest BCUT2D eigenvalue weighted by Crippen LogP contribution is 2.26. The molecule has 0 spiro atoms. The van der Waals surface area contributed by atoms with E-state index in [-0.39, 0.29) is 24.9 Å². The predicted molar refractivity (Wildman–Crippen MR) is 125 cm³/mol. The van der Waals surface area contributed by atoms with Gasteiger partial charge in [0.1, 0.15) is 0 Å². The molecule has 2 N–H and O–H groups in total. The van der Waals surface area contributed by atoms with Crippen molar-refractivity contribution in [1.82, 2.24) is 14.9 Å². The van der Waals surface area contributed by atoms with Crippen molar-refractivity contribution in [3.8, 4) is 0 Å². The van der Waals surface area contributed by atoms with E-state index in [1.165, 1.54) is 6.08 Å². The molecule has 1 aliphatic rings. The van der Waals surface area contributed by atoms with Crippen LogP contribution >= 0.6 is 11.6 Å². The van der Waals surface area contributed by atoms with Gasteiger partial charge in [0, 0.05) is 29.9 Å². The molecule has 8 heteroatoms. The second kappa shape index (κ2) is 11.4. The lowest BCUT2D eigenvalue weighted by Crippen LogP contribution is -2.38. The van der Waals surface area contributed by atoms with Crippen molar-refractivity contribution in [3.63, 3.8) is 0 Å². The Morgan fingerprint density at radius 1 is 1.10 bits per heavy atom. The van der Waals surface area contributed by atoms with Gasteiger partial charge in [0.2, 0.25) is 15.9 Å². The zero-order valence-corrected chi connectivity index (χ0v) is 18.9. The first-order valence-corrected chi connectivity index (χ1v) is 12.3. The molecule has 0 saturated carbocycles. The molecule has 0 radical (unpaired) electrons. The van der Waals surface area contributed by atoms with Crippen molar-refractivity contribution >= 4 is 33.6 Å². The van der Waals surface area contributed by atoms with Gasteiger partial charge in [0.15, 0.2) is 0 Å². The number of likely N-dealkylation sites (tertiary alicyclic amines) is 1. The molecule has 1 heterocycles. The molecule has 6 nitrogen and oxygen atoms in total. The van der Waals surface area contributed by atoms with Crippen molar-refractivity contribution in [2.75, 3.05) is 26.2 Å². The van der Waals surface area contributed by atoms with E-state index in [0.717, 1.165) is 42.5 Å². The Morgan fingerprint density at radius 3 is 2.55 bits per heavy atom. The predicted octanol–water partition coefficient (Wildman–Crippen LogP) is 3.57. The molecule has 1 atom stereocenters. The molecule has 3 rings (SSSR count). The molecule has 2 aromatic carbocycles. The van der Waals surface area contributed by atoms with Crippen LogP contribution in [0.25, 0.3) is 6.08 Å². The van der Waals surface area contributed by atoms with Crippen LogP contribution in [-0.4, -0.2) is 45.4 Å². The molecule has 1 amide bonds. The van der Waals surface area contributed by atoms with Crippen molar-refractivity contribution in [2.24, 2.45) is 0 Å². The van der Waals surface area contributed by atoms with Crippen molar-refractivity contribution in [3.05, 3.63) is 76.2 Å². The lowest BCUT2D eigenvalue weighted by molar-refractivity contribution is -0.121. The maximum Gasteiger partial charge on any atom is 0.233 e. The maximum atomic E-state index is 12.3. The number of nitrogens with one attached hydrogen (secondary N) is 2. The summed E-state index contributed by atoms with van der Waals surface area (Å²) >= 11 is 6.16. The number of hydrogen-bond donors (Lipinski definition) is 2. The molecule has 1 unspecified atom stereocenters. The molecule has 1 saturated heterocycles. The number of carbonyl (C=O) groups is 1. The van der Waals surface area contributed by atoms with Gasteiger partial charge in [0.05, 0.1) is 6.04 Å². The third-order valence-corrected chi connectivity index (χ3v) is 6.54. The average Bonchev–Trinajstić information content (AvgIpc) is 3.28. The lowest BCUT2D eigenvalue weighted by Gasteiger charge is -2.28. The Morgan fingerprint density at radius 2 is 1.84 bits per heavy atom. The summed E-state index contributed by atoms with van der Waals surface area (Å²) in [4.78, 5) is 14.7. The molecular weight excluding hydrogens is 434 g/mol. The molecule has 1 aliphatic heterocycles. The van der Waals surface area contributed by atoms with Crippen LogP contribution in [0.15, 0.2) is 60.0 Å². The smallest absolute Gasteiger partial charge is 0.233 e. The molecule has 0 bridgehead atoms. The van der Waals surface area contributed by atoms with Crippen molar-refractivity contribution in [2.45, 2.75) is 25.3 Å². The summed E-state index contributed by atoms with van der Waals surface area (Å²) in [6.07, 6.45) is 3.88. The molecule has 31 heavy (non-hydrogen) atoms. The van der Waals surface area contributed by atoms with Crippen LogP contribution in [0.3, 0.4) is 0 Å². The minimum absolute atomic E-state index is 0.0405. The van der Waals surface area contributed by atoms with Crippen LogP contribution in [0.4, 0.5) is 0 Å². The van der Waals surface area contributed by atoms with Gasteiger partial charge in [-0.2, -0.15) is 0 Å². The Labute approximate surface area is 189 Å². The average molecular weight is 462 g/mol. The van der Waals surface area contributed by atoms with Gasteiger partial charge >= 0.3 is 0 Å². The summed E-state index contributed by atoms with van der Waals surface area (Å²) in [5, 5.41) is 4.73. The Hall–Kier alpha value is -2.19. The monoisotopic (exact) mass is 461 g/mol.